The maximum Gasteiger partial charge on any atom is 0.0536 e. The van der Waals surface area contributed by atoms with Crippen LogP contribution in [-0.4, -0.2) is 34.3 Å². The van der Waals surface area contributed by atoms with Gasteiger partial charge in [0.1, 0.15) is 0 Å². The summed E-state index contributed by atoms with van der Waals surface area (Å²) in [5.41, 5.74) is 2.18. The average Bonchev–Trinajstić information content (AvgIpc) is 2.89. The first kappa shape index (κ1) is 12.2. The van der Waals surface area contributed by atoms with Gasteiger partial charge in [-0.2, -0.15) is 5.10 Å². The van der Waals surface area contributed by atoms with E-state index in [4.69, 9.17) is 0 Å². The molecular formula is C17H21N3. The Morgan fingerprint density at radius 1 is 1.05 bits per heavy atom. The van der Waals surface area contributed by atoms with Crippen LogP contribution in [0.2, 0.25) is 0 Å². The van der Waals surface area contributed by atoms with Gasteiger partial charge in [0.2, 0.25) is 0 Å². The summed E-state index contributed by atoms with van der Waals surface area (Å²) < 4.78 is 2.03. The first-order valence-electron chi connectivity index (χ1n) is 7.58. The normalized spacial score (nSPS) is 21.6. The lowest BCUT2D eigenvalue weighted by molar-refractivity contribution is -0.0743. The fourth-order valence-corrected chi connectivity index (χ4v) is 3.94. The maximum atomic E-state index is 4.26. The van der Waals surface area contributed by atoms with Crippen molar-refractivity contribution in [1.29, 1.82) is 0 Å². The van der Waals surface area contributed by atoms with Gasteiger partial charge in [-0.05, 0) is 35.8 Å². The van der Waals surface area contributed by atoms with Crippen molar-refractivity contribution in [1.82, 2.24) is 14.7 Å². The van der Waals surface area contributed by atoms with Crippen LogP contribution in [0.4, 0.5) is 0 Å². The molecule has 1 spiro atoms. The molecule has 1 saturated carbocycles. The van der Waals surface area contributed by atoms with Gasteiger partial charge in [-0.15, -0.1) is 0 Å². The van der Waals surface area contributed by atoms with E-state index in [1.54, 1.807) is 0 Å². The topological polar surface area (TPSA) is 21.1 Å². The van der Waals surface area contributed by atoms with Crippen LogP contribution in [-0.2, 0) is 6.54 Å². The SMILES string of the molecule is c1ccc(C2CC3(C2)CN(CCn2cccn2)C3)cc1. The summed E-state index contributed by atoms with van der Waals surface area (Å²) in [6, 6.07) is 13.0. The summed E-state index contributed by atoms with van der Waals surface area (Å²) in [6.07, 6.45) is 6.67. The van der Waals surface area contributed by atoms with Crippen LogP contribution in [0.25, 0.3) is 0 Å². The molecular weight excluding hydrogens is 246 g/mol. The van der Waals surface area contributed by atoms with Crippen molar-refractivity contribution in [2.75, 3.05) is 19.6 Å². The second-order valence-electron chi connectivity index (χ2n) is 6.50. The summed E-state index contributed by atoms with van der Waals surface area (Å²) in [5, 5.41) is 4.26. The molecule has 0 radical (unpaired) electrons. The van der Waals surface area contributed by atoms with Crippen LogP contribution in [0.1, 0.15) is 24.3 Å². The number of hydrogen-bond donors (Lipinski definition) is 0. The highest BCUT2D eigenvalue weighted by molar-refractivity contribution is 5.25. The van der Waals surface area contributed by atoms with Crippen molar-refractivity contribution in [3.05, 3.63) is 54.4 Å². The Kier molecular flexibility index (Phi) is 2.88. The molecule has 0 N–H and O–H groups in total. The summed E-state index contributed by atoms with van der Waals surface area (Å²) in [6.45, 7) is 4.74. The Balaban J connectivity index is 1.24. The molecule has 2 heterocycles. The fourth-order valence-electron chi connectivity index (χ4n) is 3.94. The number of aromatic nitrogens is 2. The van der Waals surface area contributed by atoms with Crippen molar-refractivity contribution in [2.24, 2.45) is 5.41 Å². The van der Waals surface area contributed by atoms with Crippen LogP contribution in [0.3, 0.4) is 0 Å². The molecule has 1 aromatic heterocycles. The number of likely N-dealkylation sites (tertiary alicyclic amines) is 1. The number of benzene rings is 1. The maximum absolute atomic E-state index is 4.26. The van der Waals surface area contributed by atoms with Gasteiger partial charge >= 0.3 is 0 Å². The third-order valence-corrected chi connectivity index (χ3v) is 4.95. The van der Waals surface area contributed by atoms with E-state index in [1.165, 1.54) is 31.5 Å². The van der Waals surface area contributed by atoms with Gasteiger partial charge in [-0.25, -0.2) is 0 Å². The van der Waals surface area contributed by atoms with Gasteiger partial charge < -0.3 is 4.90 Å². The van der Waals surface area contributed by atoms with E-state index >= 15 is 0 Å². The summed E-state index contributed by atoms with van der Waals surface area (Å²) in [4.78, 5) is 2.57. The molecule has 2 aromatic rings. The van der Waals surface area contributed by atoms with E-state index in [-0.39, 0.29) is 0 Å². The Morgan fingerprint density at radius 3 is 2.55 bits per heavy atom. The number of rotatable bonds is 4. The molecule has 1 aliphatic heterocycles. The largest absolute Gasteiger partial charge is 0.300 e. The van der Waals surface area contributed by atoms with E-state index in [9.17, 15) is 0 Å². The first-order valence-corrected chi connectivity index (χ1v) is 7.58. The zero-order valence-electron chi connectivity index (χ0n) is 11.8. The number of nitrogens with zero attached hydrogens (tertiary/aromatic N) is 3. The highest BCUT2D eigenvalue weighted by Gasteiger charge is 2.51. The zero-order chi connectivity index (χ0) is 13.4. The van der Waals surface area contributed by atoms with Crippen LogP contribution in [0, 0.1) is 5.41 Å². The Hall–Kier alpha value is -1.61. The Bertz CT molecular complexity index is 547. The van der Waals surface area contributed by atoms with E-state index < -0.39 is 0 Å². The molecule has 4 rings (SSSR count). The van der Waals surface area contributed by atoms with E-state index in [1.807, 2.05) is 23.1 Å². The number of hydrogen-bond acceptors (Lipinski definition) is 2. The van der Waals surface area contributed by atoms with Gasteiger partial charge in [0, 0.05) is 32.0 Å². The molecule has 2 fully saturated rings. The van der Waals surface area contributed by atoms with Crippen molar-refractivity contribution >= 4 is 0 Å². The van der Waals surface area contributed by atoms with Gasteiger partial charge in [0.15, 0.2) is 0 Å². The van der Waals surface area contributed by atoms with Crippen LogP contribution < -0.4 is 0 Å². The van der Waals surface area contributed by atoms with Crippen molar-refractivity contribution in [2.45, 2.75) is 25.3 Å². The molecule has 0 bridgehead atoms. The predicted molar refractivity (Wildman–Crippen MR) is 79.5 cm³/mol. The molecule has 3 heteroatoms. The van der Waals surface area contributed by atoms with Gasteiger partial charge in [-0.3, -0.25) is 4.68 Å². The van der Waals surface area contributed by atoms with E-state index in [0.29, 0.717) is 5.41 Å². The molecule has 0 amide bonds. The highest BCUT2D eigenvalue weighted by atomic mass is 15.3. The molecule has 104 valence electrons. The Labute approximate surface area is 120 Å². The minimum Gasteiger partial charge on any atom is -0.300 e. The molecule has 0 unspecified atom stereocenters. The minimum atomic E-state index is 0.643. The molecule has 1 aromatic carbocycles. The van der Waals surface area contributed by atoms with Gasteiger partial charge in [0.25, 0.3) is 0 Å². The quantitative estimate of drug-likeness (QED) is 0.849. The molecule has 20 heavy (non-hydrogen) atoms. The molecule has 0 atom stereocenters. The fraction of sp³-hybridized carbons (Fsp3) is 0.471. The van der Waals surface area contributed by atoms with Crippen LogP contribution in [0.15, 0.2) is 48.8 Å². The Morgan fingerprint density at radius 2 is 1.85 bits per heavy atom. The third-order valence-electron chi connectivity index (χ3n) is 4.95. The molecule has 1 aliphatic carbocycles. The molecule has 3 nitrogen and oxygen atoms in total. The lowest BCUT2D eigenvalue weighted by atomic mass is 9.56. The van der Waals surface area contributed by atoms with Crippen molar-refractivity contribution < 1.29 is 0 Å². The lowest BCUT2D eigenvalue weighted by Crippen LogP contribution is -2.61. The van der Waals surface area contributed by atoms with Gasteiger partial charge in [-0.1, -0.05) is 30.3 Å². The van der Waals surface area contributed by atoms with Crippen LogP contribution in [0.5, 0.6) is 0 Å². The smallest absolute Gasteiger partial charge is 0.0536 e. The lowest BCUT2D eigenvalue weighted by Gasteiger charge is -2.59. The second kappa shape index (κ2) is 4.74. The monoisotopic (exact) mass is 267 g/mol. The van der Waals surface area contributed by atoms with Crippen molar-refractivity contribution in [3.8, 4) is 0 Å². The minimum absolute atomic E-state index is 0.643. The first-order chi connectivity index (χ1) is 9.83. The van der Waals surface area contributed by atoms with E-state index in [2.05, 4.69) is 40.3 Å². The second-order valence-corrected chi connectivity index (χ2v) is 6.50. The summed E-state index contributed by atoms with van der Waals surface area (Å²) in [5.74, 6) is 0.810. The van der Waals surface area contributed by atoms with Crippen LogP contribution >= 0.6 is 0 Å². The average molecular weight is 267 g/mol. The standard InChI is InChI=1S/C17H21N3/c1-2-5-15(6-3-1)16-11-17(12-16)13-19(14-17)9-10-20-8-4-7-18-20/h1-8,16H,9-14H2. The van der Waals surface area contributed by atoms with Crippen molar-refractivity contribution in [3.63, 3.8) is 0 Å². The zero-order valence-corrected chi connectivity index (χ0v) is 11.8. The van der Waals surface area contributed by atoms with E-state index in [0.717, 1.165) is 19.0 Å². The molecule has 1 saturated heterocycles. The third kappa shape index (κ3) is 2.16. The summed E-state index contributed by atoms with van der Waals surface area (Å²) in [7, 11) is 0. The highest BCUT2D eigenvalue weighted by Crippen LogP contribution is 2.55. The summed E-state index contributed by atoms with van der Waals surface area (Å²) >= 11 is 0. The predicted octanol–water partition coefficient (Wildman–Crippen LogP) is 2.76. The molecule has 2 aliphatic rings. The van der Waals surface area contributed by atoms with Gasteiger partial charge in [0.05, 0.1) is 6.54 Å².